The van der Waals surface area contributed by atoms with E-state index in [1.54, 1.807) is 0 Å². The second-order valence-electron chi connectivity index (χ2n) is 2.05. The van der Waals surface area contributed by atoms with Gasteiger partial charge in [0.25, 0.3) is 0 Å². The lowest BCUT2D eigenvalue weighted by atomic mass is 10.1. The van der Waals surface area contributed by atoms with E-state index >= 15 is 0 Å². The van der Waals surface area contributed by atoms with Crippen LogP contribution in [-0.4, -0.2) is 35.5 Å². The summed E-state index contributed by atoms with van der Waals surface area (Å²) in [5.74, 6) is 0. The SMILES string of the molecule is O[C@@H]1CC[N]C[C@@H]1O. The average molecular weight is 116 g/mol. The first-order valence-electron chi connectivity index (χ1n) is 2.80. The number of aliphatic hydroxyl groups is 2. The van der Waals surface area contributed by atoms with E-state index in [0.29, 0.717) is 19.5 Å². The summed E-state index contributed by atoms with van der Waals surface area (Å²) in [5, 5.41) is 21.6. The molecule has 0 aromatic rings. The van der Waals surface area contributed by atoms with Crippen LogP contribution >= 0.6 is 0 Å². The molecule has 1 aliphatic rings. The van der Waals surface area contributed by atoms with Gasteiger partial charge in [0.2, 0.25) is 0 Å². The zero-order valence-electron chi connectivity index (χ0n) is 4.62. The Balaban J connectivity index is 2.28. The monoisotopic (exact) mass is 116 g/mol. The van der Waals surface area contributed by atoms with Crippen LogP contribution in [-0.2, 0) is 0 Å². The third-order valence-corrected chi connectivity index (χ3v) is 1.34. The molecular weight excluding hydrogens is 106 g/mol. The van der Waals surface area contributed by atoms with E-state index in [0.717, 1.165) is 0 Å². The van der Waals surface area contributed by atoms with E-state index in [4.69, 9.17) is 10.2 Å². The lowest BCUT2D eigenvalue weighted by Gasteiger charge is -2.21. The molecule has 2 atom stereocenters. The van der Waals surface area contributed by atoms with Crippen molar-refractivity contribution in [1.29, 1.82) is 0 Å². The van der Waals surface area contributed by atoms with Gasteiger partial charge in [-0.05, 0) is 6.42 Å². The number of nitrogens with zero attached hydrogens (tertiary/aromatic N) is 1. The van der Waals surface area contributed by atoms with E-state index in [2.05, 4.69) is 5.32 Å². The first-order chi connectivity index (χ1) is 3.80. The summed E-state index contributed by atoms with van der Waals surface area (Å²) in [6, 6.07) is 0. The summed E-state index contributed by atoms with van der Waals surface area (Å²) in [5.41, 5.74) is 0. The van der Waals surface area contributed by atoms with Crippen molar-refractivity contribution in [2.75, 3.05) is 13.1 Å². The standard InChI is InChI=1S/C5H10NO2/c7-4-1-2-6-3-5(4)8/h4-5,7-8H,1-3H2/t4-,5+/m1/s1. The van der Waals surface area contributed by atoms with Crippen molar-refractivity contribution in [3.8, 4) is 0 Å². The van der Waals surface area contributed by atoms with Crippen LogP contribution in [0.5, 0.6) is 0 Å². The van der Waals surface area contributed by atoms with E-state index in [1.807, 2.05) is 0 Å². The minimum absolute atomic E-state index is 0.404. The van der Waals surface area contributed by atoms with Crippen molar-refractivity contribution in [2.45, 2.75) is 18.6 Å². The number of rotatable bonds is 0. The van der Waals surface area contributed by atoms with E-state index in [1.165, 1.54) is 0 Å². The van der Waals surface area contributed by atoms with Crippen molar-refractivity contribution in [2.24, 2.45) is 0 Å². The second kappa shape index (κ2) is 2.44. The molecule has 0 spiro atoms. The lowest BCUT2D eigenvalue weighted by Crippen LogP contribution is -2.40. The molecule has 1 rings (SSSR count). The Bertz CT molecular complexity index is 66.8. The summed E-state index contributed by atoms with van der Waals surface area (Å²) >= 11 is 0. The van der Waals surface area contributed by atoms with Crippen LogP contribution in [0.1, 0.15) is 6.42 Å². The Labute approximate surface area is 48.3 Å². The molecule has 2 N–H and O–H groups in total. The molecule has 0 amide bonds. The molecule has 1 saturated heterocycles. The Hall–Kier alpha value is -0.120. The molecule has 0 saturated carbocycles. The number of aliphatic hydroxyl groups excluding tert-OH is 2. The second-order valence-corrected chi connectivity index (χ2v) is 2.05. The van der Waals surface area contributed by atoms with Gasteiger partial charge < -0.3 is 10.2 Å². The maximum Gasteiger partial charge on any atom is 0.0940 e. The molecule has 0 aromatic carbocycles. The molecule has 8 heavy (non-hydrogen) atoms. The molecular formula is C5H10NO2. The molecule has 1 heterocycles. The van der Waals surface area contributed by atoms with Gasteiger partial charge in [0, 0.05) is 13.1 Å². The van der Waals surface area contributed by atoms with Crippen LogP contribution in [0.4, 0.5) is 0 Å². The highest BCUT2D eigenvalue weighted by molar-refractivity contribution is 4.75. The molecule has 0 aromatic heterocycles. The zero-order chi connectivity index (χ0) is 5.98. The van der Waals surface area contributed by atoms with Gasteiger partial charge in [-0.3, -0.25) is 0 Å². The molecule has 3 heteroatoms. The van der Waals surface area contributed by atoms with Gasteiger partial charge in [-0.1, -0.05) is 0 Å². The fraction of sp³-hybridized carbons (Fsp3) is 1.00. The van der Waals surface area contributed by atoms with Gasteiger partial charge in [-0.15, -0.1) is 0 Å². The molecule has 0 unspecified atom stereocenters. The van der Waals surface area contributed by atoms with Gasteiger partial charge in [0.1, 0.15) is 0 Å². The largest absolute Gasteiger partial charge is 0.390 e. The van der Waals surface area contributed by atoms with E-state index < -0.39 is 12.2 Å². The van der Waals surface area contributed by atoms with Crippen LogP contribution in [0.3, 0.4) is 0 Å². The Morgan fingerprint density at radius 2 is 2.00 bits per heavy atom. The van der Waals surface area contributed by atoms with Gasteiger partial charge in [-0.2, -0.15) is 0 Å². The Morgan fingerprint density at radius 1 is 1.25 bits per heavy atom. The van der Waals surface area contributed by atoms with Crippen LogP contribution in [0.15, 0.2) is 0 Å². The molecule has 0 aliphatic carbocycles. The highest BCUT2D eigenvalue weighted by Crippen LogP contribution is 2.02. The first-order valence-corrected chi connectivity index (χ1v) is 2.80. The number of hydrogen-bond acceptors (Lipinski definition) is 2. The third-order valence-electron chi connectivity index (χ3n) is 1.34. The van der Waals surface area contributed by atoms with Crippen LogP contribution < -0.4 is 5.32 Å². The zero-order valence-corrected chi connectivity index (χ0v) is 4.62. The molecule has 1 aliphatic heterocycles. The summed E-state index contributed by atoms with van der Waals surface area (Å²) < 4.78 is 0. The van der Waals surface area contributed by atoms with Crippen molar-refractivity contribution >= 4 is 0 Å². The summed E-state index contributed by atoms with van der Waals surface area (Å²) in [6.45, 7) is 1.10. The average Bonchev–Trinajstić information content (AvgIpc) is 1.77. The van der Waals surface area contributed by atoms with Gasteiger partial charge in [0.15, 0.2) is 0 Å². The fourth-order valence-electron chi connectivity index (χ4n) is 0.761. The summed E-state index contributed by atoms with van der Waals surface area (Å²) in [4.78, 5) is 0. The van der Waals surface area contributed by atoms with Crippen LogP contribution in [0, 0.1) is 0 Å². The Kier molecular flexibility index (Phi) is 1.83. The molecule has 1 fully saturated rings. The number of hydrogen-bond donors (Lipinski definition) is 2. The Morgan fingerprint density at radius 3 is 2.38 bits per heavy atom. The minimum atomic E-state index is -0.608. The first kappa shape index (κ1) is 6.01. The van der Waals surface area contributed by atoms with Crippen LogP contribution in [0.2, 0.25) is 0 Å². The van der Waals surface area contributed by atoms with Crippen molar-refractivity contribution < 1.29 is 10.2 Å². The number of piperidine rings is 1. The quantitative estimate of drug-likeness (QED) is 0.414. The minimum Gasteiger partial charge on any atom is -0.390 e. The van der Waals surface area contributed by atoms with Crippen molar-refractivity contribution in [1.82, 2.24) is 5.32 Å². The molecule has 1 radical (unpaired) electrons. The maximum absolute atomic E-state index is 8.87. The highest BCUT2D eigenvalue weighted by Gasteiger charge is 2.19. The van der Waals surface area contributed by atoms with Crippen molar-refractivity contribution in [3.05, 3.63) is 0 Å². The van der Waals surface area contributed by atoms with E-state index in [-0.39, 0.29) is 0 Å². The predicted octanol–water partition coefficient (Wildman–Crippen LogP) is -1.28. The van der Waals surface area contributed by atoms with E-state index in [9.17, 15) is 0 Å². The lowest BCUT2D eigenvalue weighted by molar-refractivity contribution is -0.000591. The summed E-state index contributed by atoms with van der Waals surface area (Å²) in [6.07, 6.45) is -0.530. The predicted molar refractivity (Wildman–Crippen MR) is 28.5 cm³/mol. The molecule has 0 bridgehead atoms. The normalized spacial score (nSPS) is 39.8. The topological polar surface area (TPSA) is 54.6 Å². The van der Waals surface area contributed by atoms with Gasteiger partial charge in [-0.25, -0.2) is 5.32 Å². The van der Waals surface area contributed by atoms with Gasteiger partial charge in [0.05, 0.1) is 12.2 Å². The molecule has 3 nitrogen and oxygen atoms in total. The summed E-state index contributed by atoms with van der Waals surface area (Å²) in [7, 11) is 0. The van der Waals surface area contributed by atoms with Gasteiger partial charge >= 0.3 is 0 Å². The highest BCUT2D eigenvalue weighted by atomic mass is 16.3. The van der Waals surface area contributed by atoms with Crippen LogP contribution in [0.25, 0.3) is 0 Å². The fourth-order valence-corrected chi connectivity index (χ4v) is 0.761. The molecule has 47 valence electrons. The third kappa shape index (κ3) is 1.18. The smallest absolute Gasteiger partial charge is 0.0940 e. The van der Waals surface area contributed by atoms with Crippen molar-refractivity contribution in [3.63, 3.8) is 0 Å². The maximum atomic E-state index is 8.87.